The Labute approximate surface area is 512 Å². The van der Waals surface area contributed by atoms with Crippen LogP contribution in [0.15, 0.2) is 146 Å². The fraction of sp³-hybridized carbons (Fsp3) is 0.649. The predicted octanol–water partition coefficient (Wildman–Crippen LogP) is 23.9. The summed E-state index contributed by atoms with van der Waals surface area (Å²) >= 11 is 0. The van der Waals surface area contributed by atoms with Crippen molar-refractivity contribution in [1.82, 2.24) is 0 Å². The van der Waals surface area contributed by atoms with E-state index in [0.717, 1.165) is 161 Å². The summed E-state index contributed by atoms with van der Waals surface area (Å²) in [5.74, 6) is -0.928. The second kappa shape index (κ2) is 69.8. The Morgan fingerprint density at radius 2 is 0.470 bits per heavy atom. The Hall–Kier alpha value is -4.71. The topological polar surface area (TPSA) is 78.9 Å². The van der Waals surface area contributed by atoms with Crippen LogP contribution in [0, 0.1) is 0 Å². The molecule has 0 spiro atoms. The van der Waals surface area contributed by atoms with E-state index in [9.17, 15) is 14.4 Å². The lowest BCUT2D eigenvalue weighted by Gasteiger charge is -2.18. The molecule has 0 aromatic carbocycles. The molecular formula is C77H126O6. The van der Waals surface area contributed by atoms with Crippen molar-refractivity contribution in [2.45, 2.75) is 309 Å². The van der Waals surface area contributed by atoms with E-state index in [1.54, 1.807) is 0 Å². The van der Waals surface area contributed by atoms with Crippen LogP contribution >= 0.6 is 0 Å². The highest BCUT2D eigenvalue weighted by molar-refractivity contribution is 5.71. The number of carbonyl (C=O) groups excluding carboxylic acids is 3. The number of esters is 3. The summed E-state index contributed by atoms with van der Waals surface area (Å²) < 4.78 is 16.9. The largest absolute Gasteiger partial charge is 0.462 e. The molecule has 0 aromatic rings. The van der Waals surface area contributed by atoms with E-state index in [1.165, 1.54) is 103 Å². The van der Waals surface area contributed by atoms with Crippen LogP contribution in [0.4, 0.5) is 0 Å². The number of unbranched alkanes of at least 4 members (excludes halogenated alkanes) is 26. The van der Waals surface area contributed by atoms with Gasteiger partial charge in [-0.2, -0.15) is 0 Å². The summed E-state index contributed by atoms with van der Waals surface area (Å²) in [6, 6.07) is 0. The molecule has 83 heavy (non-hydrogen) atoms. The summed E-state index contributed by atoms with van der Waals surface area (Å²) in [4.78, 5) is 38.4. The maximum absolute atomic E-state index is 12.9. The predicted molar refractivity (Wildman–Crippen MR) is 362 cm³/mol. The lowest BCUT2D eigenvalue weighted by molar-refractivity contribution is -0.167. The standard InChI is InChI=1S/C77H126O6/c1-4-7-10-13-16-19-22-25-28-31-32-33-34-35-36-37-38-39-40-41-42-43-44-47-49-52-55-58-61-64-67-70-76(79)82-73-74(83-77(80)71-68-65-62-59-56-53-50-46-30-27-24-21-18-15-12-9-6-3)72-81-75(78)69-66-63-60-57-54-51-48-45-29-26-23-20-17-14-11-8-5-2/h7,9-10,12,16,18-19,21,25,27-28,30,32-33,35-36,38-39,41-42,44,47,50,53,74H,4-6,8,11,13-15,17,20,22-24,26,29,31,34,37,40,43,45-46,48-49,51-52,54-73H2,1-3H3/b10-7-,12-9-,19-16-,21-18-,28-25-,30-27-,33-32-,36-35-,39-38-,42-41-,47-44-,53-50-. The van der Waals surface area contributed by atoms with Crippen molar-refractivity contribution in [2.24, 2.45) is 0 Å². The van der Waals surface area contributed by atoms with Crippen LogP contribution in [0.2, 0.25) is 0 Å². The molecule has 0 aliphatic rings. The van der Waals surface area contributed by atoms with Gasteiger partial charge < -0.3 is 14.2 Å². The molecule has 0 heterocycles. The number of hydrogen-bond acceptors (Lipinski definition) is 6. The van der Waals surface area contributed by atoms with E-state index < -0.39 is 6.10 Å². The van der Waals surface area contributed by atoms with Gasteiger partial charge in [0.15, 0.2) is 6.10 Å². The quantitative estimate of drug-likeness (QED) is 0.0261. The van der Waals surface area contributed by atoms with Crippen LogP contribution in [-0.2, 0) is 28.6 Å². The number of rotatable bonds is 61. The van der Waals surface area contributed by atoms with Crippen LogP contribution in [0.25, 0.3) is 0 Å². The molecule has 0 aliphatic carbocycles. The van der Waals surface area contributed by atoms with Crippen LogP contribution < -0.4 is 0 Å². The molecule has 0 amide bonds. The average Bonchev–Trinajstić information content (AvgIpc) is 3.49. The molecular weight excluding hydrogens is 1020 g/mol. The van der Waals surface area contributed by atoms with Crippen molar-refractivity contribution in [2.75, 3.05) is 13.2 Å². The zero-order valence-electron chi connectivity index (χ0n) is 53.9. The fourth-order valence-corrected chi connectivity index (χ4v) is 9.27. The highest BCUT2D eigenvalue weighted by Crippen LogP contribution is 2.16. The summed E-state index contributed by atoms with van der Waals surface area (Å²) in [5, 5.41) is 0. The number of carbonyl (C=O) groups is 3. The highest BCUT2D eigenvalue weighted by Gasteiger charge is 2.19. The van der Waals surface area contributed by atoms with Crippen LogP contribution in [0.3, 0.4) is 0 Å². The van der Waals surface area contributed by atoms with Gasteiger partial charge in [-0.15, -0.1) is 0 Å². The van der Waals surface area contributed by atoms with Crippen LogP contribution in [0.5, 0.6) is 0 Å². The average molecular weight is 1150 g/mol. The SMILES string of the molecule is CC/C=C\C/C=C\C/C=C\C/C=C\C/C=C\C/C=C\C/C=C\C/C=C\CCCCCCCCC(=O)OCC(COC(=O)CCCCCCCCCCCCCCCCCCC)OC(=O)CCCCCC/C=C\C/C=C\C/C=C\C/C=C\CC. The molecule has 0 N–H and O–H groups in total. The molecule has 470 valence electrons. The minimum absolute atomic E-state index is 0.0946. The third kappa shape index (κ3) is 68.0. The summed E-state index contributed by atoms with van der Waals surface area (Å²) in [5.41, 5.74) is 0. The number of ether oxygens (including phenoxy) is 3. The van der Waals surface area contributed by atoms with Gasteiger partial charge in [-0.05, 0) is 122 Å². The second-order valence-electron chi connectivity index (χ2n) is 22.3. The third-order valence-electron chi connectivity index (χ3n) is 14.3. The van der Waals surface area contributed by atoms with Gasteiger partial charge in [0.1, 0.15) is 13.2 Å². The van der Waals surface area contributed by atoms with Gasteiger partial charge in [0.2, 0.25) is 0 Å². The van der Waals surface area contributed by atoms with Gasteiger partial charge in [0.05, 0.1) is 0 Å². The van der Waals surface area contributed by atoms with E-state index in [1.807, 2.05) is 0 Å². The monoisotopic (exact) mass is 1150 g/mol. The Kier molecular flexibility index (Phi) is 65.8. The van der Waals surface area contributed by atoms with Gasteiger partial charge >= 0.3 is 17.9 Å². The number of hydrogen-bond donors (Lipinski definition) is 0. The first kappa shape index (κ1) is 78.3. The molecule has 0 radical (unpaired) electrons. The molecule has 1 atom stereocenters. The Morgan fingerprint density at radius 3 is 0.735 bits per heavy atom. The van der Waals surface area contributed by atoms with Crippen molar-refractivity contribution in [1.29, 1.82) is 0 Å². The first-order valence-electron chi connectivity index (χ1n) is 34.3. The van der Waals surface area contributed by atoms with E-state index in [2.05, 4.69) is 167 Å². The van der Waals surface area contributed by atoms with Gasteiger partial charge in [-0.25, -0.2) is 0 Å². The van der Waals surface area contributed by atoms with E-state index in [0.29, 0.717) is 19.3 Å². The van der Waals surface area contributed by atoms with Crippen LogP contribution in [0.1, 0.15) is 303 Å². The van der Waals surface area contributed by atoms with Gasteiger partial charge in [-0.3, -0.25) is 14.4 Å². The van der Waals surface area contributed by atoms with Gasteiger partial charge in [0.25, 0.3) is 0 Å². The maximum atomic E-state index is 12.9. The fourth-order valence-electron chi connectivity index (χ4n) is 9.27. The van der Waals surface area contributed by atoms with E-state index >= 15 is 0 Å². The van der Waals surface area contributed by atoms with E-state index in [-0.39, 0.29) is 31.1 Å². The second-order valence-corrected chi connectivity index (χ2v) is 22.3. The smallest absolute Gasteiger partial charge is 0.306 e. The van der Waals surface area contributed by atoms with Gasteiger partial charge in [-0.1, -0.05) is 308 Å². The molecule has 0 aromatic heterocycles. The molecule has 0 saturated heterocycles. The van der Waals surface area contributed by atoms with Crippen molar-refractivity contribution in [3.63, 3.8) is 0 Å². The van der Waals surface area contributed by atoms with Crippen molar-refractivity contribution in [3.8, 4) is 0 Å². The maximum Gasteiger partial charge on any atom is 0.306 e. The zero-order chi connectivity index (χ0) is 59.9. The lowest BCUT2D eigenvalue weighted by atomic mass is 10.0. The molecule has 0 bridgehead atoms. The van der Waals surface area contributed by atoms with Crippen molar-refractivity contribution < 1.29 is 28.6 Å². The lowest BCUT2D eigenvalue weighted by Crippen LogP contribution is -2.30. The third-order valence-corrected chi connectivity index (χ3v) is 14.3. The molecule has 1 unspecified atom stereocenters. The molecule has 0 fully saturated rings. The summed E-state index contributed by atoms with van der Waals surface area (Å²) in [7, 11) is 0. The van der Waals surface area contributed by atoms with Crippen LogP contribution in [-0.4, -0.2) is 37.2 Å². The van der Waals surface area contributed by atoms with Gasteiger partial charge in [0, 0.05) is 19.3 Å². The van der Waals surface area contributed by atoms with Crippen molar-refractivity contribution >= 4 is 17.9 Å². The molecule has 6 heteroatoms. The summed E-state index contributed by atoms with van der Waals surface area (Å²) in [6.07, 6.45) is 100. The first-order chi connectivity index (χ1) is 41.0. The Morgan fingerprint density at radius 1 is 0.253 bits per heavy atom. The minimum atomic E-state index is -0.803. The Balaban J connectivity index is 4.40. The molecule has 6 nitrogen and oxygen atoms in total. The minimum Gasteiger partial charge on any atom is -0.462 e. The molecule has 0 aliphatic heterocycles. The van der Waals surface area contributed by atoms with E-state index in [4.69, 9.17) is 14.2 Å². The molecule has 0 rings (SSSR count). The normalized spacial score (nSPS) is 13.0. The zero-order valence-corrected chi connectivity index (χ0v) is 53.9. The molecule has 0 saturated carbocycles. The Bertz CT molecular complexity index is 1800. The van der Waals surface area contributed by atoms with Crippen molar-refractivity contribution in [3.05, 3.63) is 146 Å². The number of allylic oxidation sites excluding steroid dienone is 24. The summed E-state index contributed by atoms with van der Waals surface area (Å²) in [6.45, 7) is 6.40. The first-order valence-corrected chi connectivity index (χ1v) is 34.3. The highest BCUT2D eigenvalue weighted by atomic mass is 16.6.